The van der Waals surface area contributed by atoms with Gasteiger partial charge in [-0.3, -0.25) is 15.2 Å². The lowest BCUT2D eigenvalue weighted by Crippen LogP contribution is -2.29. The summed E-state index contributed by atoms with van der Waals surface area (Å²) in [7, 11) is 2.08. The molecule has 0 aliphatic carbocycles. The first kappa shape index (κ1) is 14.6. The number of pyridine rings is 1. The van der Waals surface area contributed by atoms with Crippen molar-refractivity contribution in [2.75, 3.05) is 13.6 Å². The van der Waals surface area contributed by atoms with Crippen molar-refractivity contribution in [3.63, 3.8) is 0 Å². The highest BCUT2D eigenvalue weighted by atomic mass is 16.2. The first-order chi connectivity index (χ1) is 8.72. The van der Waals surface area contributed by atoms with Crippen LogP contribution in [-0.2, 0) is 11.3 Å². The Bertz CT molecular complexity index is 342. The van der Waals surface area contributed by atoms with Crippen LogP contribution in [0, 0.1) is 0 Å². The summed E-state index contributed by atoms with van der Waals surface area (Å²) in [6, 6.07) is 5.95. The van der Waals surface area contributed by atoms with Crippen LogP contribution in [0.25, 0.3) is 0 Å². The van der Waals surface area contributed by atoms with E-state index in [9.17, 15) is 4.79 Å². The van der Waals surface area contributed by atoms with Crippen LogP contribution >= 0.6 is 0 Å². The average Bonchev–Trinajstić information content (AvgIpc) is 2.39. The summed E-state index contributed by atoms with van der Waals surface area (Å²) in [6.07, 6.45) is 5.34. The van der Waals surface area contributed by atoms with Crippen molar-refractivity contribution in [1.82, 2.24) is 15.3 Å². The number of aromatic nitrogens is 1. The molecule has 0 atom stereocenters. The Morgan fingerprint density at radius 2 is 2.22 bits per heavy atom. The highest BCUT2D eigenvalue weighted by Gasteiger charge is 2.02. The van der Waals surface area contributed by atoms with Gasteiger partial charge in [-0.2, -0.15) is 0 Å². The molecule has 1 heterocycles. The van der Waals surface area contributed by atoms with Gasteiger partial charge in [-0.25, -0.2) is 5.84 Å². The van der Waals surface area contributed by atoms with E-state index >= 15 is 0 Å². The lowest BCUT2D eigenvalue weighted by molar-refractivity contribution is -0.121. The third kappa shape index (κ3) is 6.32. The van der Waals surface area contributed by atoms with Crippen LogP contribution in [0.1, 0.15) is 31.4 Å². The van der Waals surface area contributed by atoms with Crippen LogP contribution in [0.15, 0.2) is 24.4 Å². The van der Waals surface area contributed by atoms with Gasteiger partial charge in [0.1, 0.15) is 0 Å². The van der Waals surface area contributed by atoms with E-state index in [0.29, 0.717) is 6.42 Å². The third-order valence-corrected chi connectivity index (χ3v) is 2.76. The number of hydrazine groups is 1. The smallest absolute Gasteiger partial charge is 0.233 e. The van der Waals surface area contributed by atoms with E-state index in [2.05, 4.69) is 22.4 Å². The lowest BCUT2D eigenvalue weighted by Gasteiger charge is -2.15. The van der Waals surface area contributed by atoms with E-state index in [0.717, 1.165) is 38.0 Å². The van der Waals surface area contributed by atoms with E-state index < -0.39 is 0 Å². The second-order valence-electron chi connectivity index (χ2n) is 4.44. The number of hydrogen-bond acceptors (Lipinski definition) is 4. The Balaban J connectivity index is 2.07. The molecule has 5 nitrogen and oxygen atoms in total. The molecule has 0 aliphatic heterocycles. The highest BCUT2D eigenvalue weighted by Crippen LogP contribution is 2.03. The number of rotatable bonds is 8. The van der Waals surface area contributed by atoms with Gasteiger partial charge in [-0.15, -0.1) is 0 Å². The van der Waals surface area contributed by atoms with Gasteiger partial charge in [0.05, 0.1) is 5.69 Å². The van der Waals surface area contributed by atoms with Gasteiger partial charge >= 0.3 is 0 Å². The zero-order valence-electron chi connectivity index (χ0n) is 10.9. The van der Waals surface area contributed by atoms with Crippen molar-refractivity contribution in [2.24, 2.45) is 5.84 Å². The molecule has 0 bridgehead atoms. The molecule has 0 unspecified atom stereocenters. The first-order valence-electron chi connectivity index (χ1n) is 6.30. The van der Waals surface area contributed by atoms with Gasteiger partial charge in [0, 0.05) is 19.2 Å². The molecule has 1 rings (SSSR count). The third-order valence-electron chi connectivity index (χ3n) is 2.76. The molecule has 0 aliphatic rings. The molecule has 1 amide bonds. The second-order valence-corrected chi connectivity index (χ2v) is 4.44. The van der Waals surface area contributed by atoms with Crippen LogP contribution in [0.2, 0.25) is 0 Å². The molecule has 100 valence electrons. The number of unbranched alkanes of at least 4 members (excludes halogenated alkanes) is 2. The molecular formula is C13H22N4O. The predicted octanol–water partition coefficient (Wildman–Crippen LogP) is 1.06. The van der Waals surface area contributed by atoms with Gasteiger partial charge in [0.25, 0.3) is 0 Å². The Morgan fingerprint density at radius 3 is 2.89 bits per heavy atom. The van der Waals surface area contributed by atoms with Crippen molar-refractivity contribution in [3.05, 3.63) is 30.1 Å². The second kappa shape index (κ2) is 8.60. The normalized spacial score (nSPS) is 10.6. The number of amides is 1. The van der Waals surface area contributed by atoms with Crippen LogP contribution in [0.4, 0.5) is 0 Å². The quantitative estimate of drug-likeness (QED) is 0.313. The predicted molar refractivity (Wildman–Crippen MR) is 71.4 cm³/mol. The summed E-state index contributed by atoms with van der Waals surface area (Å²) in [4.78, 5) is 17.4. The van der Waals surface area contributed by atoms with E-state index in [1.54, 1.807) is 0 Å². The Morgan fingerprint density at radius 1 is 1.39 bits per heavy atom. The number of nitrogens with two attached hydrogens (primary N) is 1. The summed E-state index contributed by atoms with van der Waals surface area (Å²) in [5.74, 6) is 4.92. The van der Waals surface area contributed by atoms with Gasteiger partial charge in [-0.1, -0.05) is 12.5 Å². The molecule has 0 aromatic carbocycles. The number of nitrogens with zero attached hydrogens (tertiary/aromatic N) is 2. The largest absolute Gasteiger partial charge is 0.301 e. The molecule has 0 fully saturated rings. The Hall–Kier alpha value is -1.46. The Labute approximate surface area is 108 Å². The van der Waals surface area contributed by atoms with E-state index in [1.807, 2.05) is 24.4 Å². The van der Waals surface area contributed by atoms with Gasteiger partial charge in [0.2, 0.25) is 5.91 Å². The van der Waals surface area contributed by atoms with Crippen LogP contribution < -0.4 is 11.3 Å². The molecule has 0 radical (unpaired) electrons. The standard InChI is InChI=1S/C13H22N4O/c1-17(11-12-7-4-5-9-15-12)10-6-2-3-8-13(18)16-14/h4-5,7,9H,2-3,6,8,10-11,14H2,1H3,(H,16,18). The zero-order chi connectivity index (χ0) is 13.2. The fraction of sp³-hybridized carbons (Fsp3) is 0.538. The van der Waals surface area contributed by atoms with E-state index in [-0.39, 0.29) is 5.91 Å². The van der Waals surface area contributed by atoms with E-state index in [1.165, 1.54) is 0 Å². The molecule has 5 heteroatoms. The summed E-state index contributed by atoms with van der Waals surface area (Å²) in [5, 5.41) is 0. The first-order valence-corrected chi connectivity index (χ1v) is 6.30. The molecule has 0 saturated heterocycles. The van der Waals surface area contributed by atoms with Crippen molar-refractivity contribution >= 4 is 5.91 Å². The number of hydrogen-bond donors (Lipinski definition) is 2. The molecule has 0 spiro atoms. The molecule has 3 N–H and O–H groups in total. The Kier molecular flexibility index (Phi) is 6.98. The lowest BCUT2D eigenvalue weighted by atomic mass is 10.2. The fourth-order valence-corrected chi connectivity index (χ4v) is 1.76. The minimum absolute atomic E-state index is 0.0863. The van der Waals surface area contributed by atoms with E-state index in [4.69, 9.17) is 5.84 Å². The summed E-state index contributed by atoms with van der Waals surface area (Å²) in [6.45, 7) is 1.88. The van der Waals surface area contributed by atoms with Crippen LogP contribution in [0.3, 0.4) is 0 Å². The highest BCUT2D eigenvalue weighted by molar-refractivity contribution is 5.74. The summed E-state index contributed by atoms with van der Waals surface area (Å²) in [5.41, 5.74) is 3.23. The van der Waals surface area contributed by atoms with Crippen molar-refractivity contribution in [1.29, 1.82) is 0 Å². The van der Waals surface area contributed by atoms with Crippen molar-refractivity contribution in [2.45, 2.75) is 32.2 Å². The SMILES string of the molecule is CN(CCCCCC(=O)NN)Cc1ccccn1. The number of nitrogens with one attached hydrogen (secondary N) is 1. The fourth-order valence-electron chi connectivity index (χ4n) is 1.76. The van der Waals surface area contributed by atoms with Gasteiger partial charge < -0.3 is 4.90 Å². The van der Waals surface area contributed by atoms with Gasteiger partial charge in [-0.05, 0) is 38.6 Å². The molecule has 18 heavy (non-hydrogen) atoms. The maximum atomic E-state index is 10.9. The van der Waals surface area contributed by atoms with Gasteiger partial charge in [0.15, 0.2) is 0 Å². The minimum Gasteiger partial charge on any atom is -0.301 e. The maximum Gasteiger partial charge on any atom is 0.233 e. The molecule has 1 aromatic heterocycles. The van der Waals surface area contributed by atoms with Crippen molar-refractivity contribution < 1.29 is 4.79 Å². The summed E-state index contributed by atoms with van der Waals surface area (Å²) < 4.78 is 0. The monoisotopic (exact) mass is 250 g/mol. The van der Waals surface area contributed by atoms with Crippen LogP contribution in [0.5, 0.6) is 0 Å². The number of carbonyl (C=O) groups is 1. The zero-order valence-corrected chi connectivity index (χ0v) is 10.9. The maximum absolute atomic E-state index is 10.9. The number of carbonyl (C=O) groups excluding carboxylic acids is 1. The van der Waals surface area contributed by atoms with Crippen LogP contribution in [-0.4, -0.2) is 29.4 Å². The minimum atomic E-state index is -0.0863. The molecule has 1 aromatic rings. The topological polar surface area (TPSA) is 71.2 Å². The summed E-state index contributed by atoms with van der Waals surface area (Å²) >= 11 is 0. The van der Waals surface area contributed by atoms with Crippen molar-refractivity contribution in [3.8, 4) is 0 Å². The average molecular weight is 250 g/mol. The molecular weight excluding hydrogens is 228 g/mol. The molecule has 0 saturated carbocycles.